The number of carbonyl (C=O) groups is 1. The molecule has 0 spiro atoms. The Morgan fingerprint density at radius 3 is 2.58 bits per heavy atom. The van der Waals surface area contributed by atoms with Crippen molar-refractivity contribution in [2.24, 2.45) is 0 Å². The Balaban J connectivity index is 2.38. The number of hydrogen-bond donors (Lipinski definition) is 3. The SMILES string of the molecule is Nc1cc(C(=O)O)ccc1S(=O)(=O)Nc1ccsc1. The molecule has 0 atom stereocenters. The van der Waals surface area contributed by atoms with Crippen molar-refractivity contribution in [1.82, 2.24) is 0 Å². The summed E-state index contributed by atoms with van der Waals surface area (Å²) in [5, 5.41) is 12.2. The Bertz CT molecular complexity index is 708. The maximum absolute atomic E-state index is 12.1. The Kier molecular flexibility index (Phi) is 3.45. The molecule has 2 rings (SSSR count). The second-order valence-corrected chi connectivity index (χ2v) is 6.11. The van der Waals surface area contributed by atoms with Gasteiger partial charge >= 0.3 is 5.97 Å². The summed E-state index contributed by atoms with van der Waals surface area (Å²) in [6.07, 6.45) is 0. The number of nitrogens with two attached hydrogens (primary N) is 1. The number of sulfonamides is 1. The lowest BCUT2D eigenvalue weighted by atomic mass is 10.2. The third-order valence-electron chi connectivity index (χ3n) is 2.32. The molecule has 8 heteroatoms. The summed E-state index contributed by atoms with van der Waals surface area (Å²) in [7, 11) is -3.82. The molecule has 1 aromatic carbocycles. The van der Waals surface area contributed by atoms with Gasteiger partial charge in [-0.15, -0.1) is 0 Å². The molecule has 0 unspecified atom stereocenters. The van der Waals surface area contributed by atoms with Crippen LogP contribution in [0.1, 0.15) is 10.4 Å². The van der Waals surface area contributed by atoms with Crippen LogP contribution < -0.4 is 10.5 Å². The van der Waals surface area contributed by atoms with Crippen LogP contribution in [-0.2, 0) is 10.0 Å². The van der Waals surface area contributed by atoms with E-state index < -0.39 is 16.0 Å². The highest BCUT2D eigenvalue weighted by molar-refractivity contribution is 7.92. The fraction of sp³-hybridized carbons (Fsp3) is 0. The van der Waals surface area contributed by atoms with Crippen molar-refractivity contribution in [1.29, 1.82) is 0 Å². The summed E-state index contributed by atoms with van der Waals surface area (Å²) >= 11 is 1.35. The number of carboxylic acid groups (broad SMARTS) is 1. The number of nitrogen functional groups attached to an aromatic ring is 1. The number of thiophene rings is 1. The largest absolute Gasteiger partial charge is 0.478 e. The standard InChI is InChI=1S/C11H10N2O4S2/c12-9-5-7(11(14)15)1-2-10(9)19(16,17)13-8-3-4-18-6-8/h1-6,13H,12H2,(H,14,15). The third-order valence-corrected chi connectivity index (χ3v) is 4.46. The van der Waals surface area contributed by atoms with Crippen molar-refractivity contribution in [3.05, 3.63) is 40.6 Å². The fourth-order valence-electron chi connectivity index (χ4n) is 1.46. The summed E-state index contributed by atoms with van der Waals surface area (Å²) in [5.74, 6) is -1.17. The lowest BCUT2D eigenvalue weighted by Crippen LogP contribution is -2.15. The predicted molar refractivity (Wildman–Crippen MR) is 72.9 cm³/mol. The zero-order valence-corrected chi connectivity index (χ0v) is 11.2. The van der Waals surface area contributed by atoms with Crippen LogP contribution in [0.2, 0.25) is 0 Å². The predicted octanol–water partition coefficient (Wildman–Crippen LogP) is 1.83. The van der Waals surface area contributed by atoms with E-state index in [9.17, 15) is 13.2 Å². The van der Waals surface area contributed by atoms with Crippen LogP contribution in [0.5, 0.6) is 0 Å². The van der Waals surface area contributed by atoms with Gasteiger partial charge in [0, 0.05) is 5.38 Å². The summed E-state index contributed by atoms with van der Waals surface area (Å²) in [4.78, 5) is 10.6. The molecule has 100 valence electrons. The highest BCUT2D eigenvalue weighted by atomic mass is 32.2. The molecule has 0 fully saturated rings. The topological polar surface area (TPSA) is 109 Å². The van der Waals surface area contributed by atoms with Crippen molar-refractivity contribution in [2.75, 3.05) is 10.5 Å². The average molecular weight is 298 g/mol. The summed E-state index contributed by atoms with van der Waals surface area (Å²) in [6.45, 7) is 0. The van der Waals surface area contributed by atoms with Crippen LogP contribution in [0.15, 0.2) is 39.9 Å². The lowest BCUT2D eigenvalue weighted by molar-refractivity contribution is 0.0697. The van der Waals surface area contributed by atoms with E-state index in [4.69, 9.17) is 10.8 Å². The van der Waals surface area contributed by atoms with Crippen LogP contribution in [0.3, 0.4) is 0 Å². The van der Waals surface area contributed by atoms with Gasteiger partial charge in [0.1, 0.15) is 4.90 Å². The minimum atomic E-state index is -3.82. The molecule has 0 bridgehead atoms. The molecule has 0 amide bonds. The van der Waals surface area contributed by atoms with Gasteiger partial charge in [-0.1, -0.05) is 0 Å². The first-order valence-corrected chi connectivity index (χ1v) is 7.50. The average Bonchev–Trinajstić information content (AvgIpc) is 2.80. The molecule has 0 radical (unpaired) electrons. The first-order chi connectivity index (χ1) is 8.90. The van der Waals surface area contributed by atoms with Crippen molar-refractivity contribution >= 4 is 38.7 Å². The van der Waals surface area contributed by atoms with Gasteiger partial charge < -0.3 is 10.8 Å². The van der Waals surface area contributed by atoms with E-state index in [1.54, 1.807) is 16.8 Å². The number of aromatic carboxylic acids is 1. The van der Waals surface area contributed by atoms with Crippen molar-refractivity contribution in [2.45, 2.75) is 4.90 Å². The quantitative estimate of drug-likeness (QED) is 0.746. The van der Waals surface area contributed by atoms with Gasteiger partial charge in [0.15, 0.2) is 0 Å². The van der Waals surface area contributed by atoms with E-state index in [0.717, 1.165) is 6.07 Å². The molecule has 1 aromatic heterocycles. The Labute approximate surface area is 113 Å². The molecule has 0 aliphatic rings. The van der Waals surface area contributed by atoms with Crippen LogP contribution in [0.25, 0.3) is 0 Å². The van der Waals surface area contributed by atoms with Crippen molar-refractivity contribution in [3.8, 4) is 0 Å². The number of anilines is 2. The molecular formula is C11H10N2O4S2. The number of carboxylic acids is 1. The smallest absolute Gasteiger partial charge is 0.335 e. The van der Waals surface area contributed by atoms with E-state index in [-0.39, 0.29) is 16.1 Å². The first kappa shape index (κ1) is 13.4. The van der Waals surface area contributed by atoms with Gasteiger partial charge in [-0.3, -0.25) is 4.72 Å². The van der Waals surface area contributed by atoms with Crippen molar-refractivity contribution in [3.63, 3.8) is 0 Å². The van der Waals surface area contributed by atoms with E-state index in [2.05, 4.69) is 4.72 Å². The monoisotopic (exact) mass is 298 g/mol. The van der Waals surface area contributed by atoms with Gasteiger partial charge in [-0.05, 0) is 29.6 Å². The highest BCUT2D eigenvalue weighted by Gasteiger charge is 2.19. The molecule has 0 aliphatic heterocycles. The highest BCUT2D eigenvalue weighted by Crippen LogP contribution is 2.23. The van der Waals surface area contributed by atoms with Crippen LogP contribution >= 0.6 is 11.3 Å². The number of benzene rings is 1. The minimum absolute atomic E-state index is 0.0630. The molecule has 6 nitrogen and oxygen atoms in total. The molecule has 0 aliphatic carbocycles. The normalized spacial score (nSPS) is 11.2. The Hall–Kier alpha value is -2.06. The van der Waals surface area contributed by atoms with E-state index >= 15 is 0 Å². The maximum Gasteiger partial charge on any atom is 0.335 e. The minimum Gasteiger partial charge on any atom is -0.478 e. The van der Waals surface area contributed by atoms with Gasteiger partial charge in [0.05, 0.1) is 16.9 Å². The third kappa shape index (κ3) is 2.85. The Morgan fingerprint density at radius 1 is 1.32 bits per heavy atom. The maximum atomic E-state index is 12.1. The van der Waals surface area contributed by atoms with Gasteiger partial charge in [0.25, 0.3) is 10.0 Å². The van der Waals surface area contributed by atoms with Crippen LogP contribution in [0.4, 0.5) is 11.4 Å². The first-order valence-electron chi connectivity index (χ1n) is 5.08. The van der Waals surface area contributed by atoms with Crippen LogP contribution in [-0.4, -0.2) is 19.5 Å². The van der Waals surface area contributed by atoms with E-state index in [1.807, 2.05) is 0 Å². The molecule has 0 saturated heterocycles. The van der Waals surface area contributed by atoms with Crippen molar-refractivity contribution < 1.29 is 18.3 Å². The summed E-state index contributed by atoms with van der Waals surface area (Å²) in [5.41, 5.74) is 5.86. The Morgan fingerprint density at radius 2 is 2.05 bits per heavy atom. The second kappa shape index (κ2) is 4.90. The number of rotatable bonds is 4. The fourth-order valence-corrected chi connectivity index (χ4v) is 3.28. The van der Waals surface area contributed by atoms with Gasteiger partial charge in [-0.2, -0.15) is 11.3 Å². The molecule has 19 heavy (non-hydrogen) atoms. The molecule has 1 heterocycles. The van der Waals surface area contributed by atoms with E-state index in [1.165, 1.54) is 23.5 Å². The zero-order valence-electron chi connectivity index (χ0n) is 9.53. The van der Waals surface area contributed by atoms with E-state index in [0.29, 0.717) is 5.69 Å². The van der Waals surface area contributed by atoms with Gasteiger partial charge in [0.2, 0.25) is 0 Å². The molecule has 0 saturated carbocycles. The lowest BCUT2D eigenvalue weighted by Gasteiger charge is -2.09. The van der Waals surface area contributed by atoms with Crippen LogP contribution in [0, 0.1) is 0 Å². The zero-order chi connectivity index (χ0) is 14.0. The second-order valence-electron chi connectivity index (χ2n) is 3.68. The number of hydrogen-bond acceptors (Lipinski definition) is 5. The van der Waals surface area contributed by atoms with Gasteiger partial charge in [-0.25, -0.2) is 13.2 Å². The summed E-state index contributed by atoms with van der Waals surface area (Å²) in [6, 6.07) is 5.10. The number of nitrogens with one attached hydrogen (secondary N) is 1. The molecule has 4 N–H and O–H groups in total. The molecular weight excluding hydrogens is 288 g/mol. The molecule has 2 aromatic rings. The summed E-state index contributed by atoms with van der Waals surface area (Å²) < 4.78 is 26.5.